The summed E-state index contributed by atoms with van der Waals surface area (Å²) in [6.45, 7) is -0.0962. The molecule has 162 valence electrons. The minimum Gasteiger partial charge on any atom is -0.339 e. The van der Waals surface area contributed by atoms with Crippen molar-refractivity contribution in [1.82, 2.24) is 13.9 Å². The van der Waals surface area contributed by atoms with Gasteiger partial charge in [0.05, 0.1) is 11.3 Å². The van der Waals surface area contributed by atoms with Gasteiger partial charge in [-0.15, -0.1) is 0 Å². The minimum atomic E-state index is -3.95. The van der Waals surface area contributed by atoms with Crippen LogP contribution in [0.4, 0.5) is 8.78 Å². The highest BCUT2D eigenvalue weighted by Gasteiger charge is 2.44. The predicted molar refractivity (Wildman–Crippen MR) is 110 cm³/mol. The third-order valence-electron chi connectivity index (χ3n) is 5.41. The van der Waals surface area contributed by atoms with Gasteiger partial charge in [-0.1, -0.05) is 23.7 Å². The second kappa shape index (κ2) is 8.14. The van der Waals surface area contributed by atoms with Crippen LogP contribution >= 0.6 is 11.6 Å². The summed E-state index contributed by atoms with van der Waals surface area (Å²) in [7, 11) is -2.30. The summed E-state index contributed by atoms with van der Waals surface area (Å²) in [5.74, 6) is -2.91. The quantitative estimate of drug-likeness (QED) is 0.539. The molecular weight excluding hydrogens is 448 g/mol. The maximum Gasteiger partial charge on any atom is 0.262 e. The lowest BCUT2D eigenvalue weighted by atomic mass is 9.84. The van der Waals surface area contributed by atoms with Gasteiger partial charge in [0.1, 0.15) is 11.6 Å². The number of carbonyl (C=O) groups is 1. The number of sulfonamides is 1. The highest BCUT2D eigenvalue weighted by Crippen LogP contribution is 2.37. The Kier molecular flexibility index (Phi) is 5.67. The Morgan fingerprint density at radius 1 is 1.13 bits per heavy atom. The Labute approximate surface area is 183 Å². The molecule has 2 aromatic carbocycles. The zero-order valence-electron chi connectivity index (χ0n) is 16.4. The molecule has 31 heavy (non-hydrogen) atoms. The number of imidazole rings is 1. The van der Waals surface area contributed by atoms with Crippen LogP contribution in [0.2, 0.25) is 5.02 Å². The van der Waals surface area contributed by atoms with Crippen LogP contribution in [-0.4, -0.2) is 41.1 Å². The molecule has 0 amide bonds. The molecule has 6 nitrogen and oxygen atoms in total. The van der Waals surface area contributed by atoms with Crippen molar-refractivity contribution in [2.24, 2.45) is 13.0 Å². The molecule has 0 bridgehead atoms. The number of Topliss-reactive ketones (excluding diaryl/α,β-unsaturated/α-hetero) is 1. The van der Waals surface area contributed by atoms with Gasteiger partial charge in [0.15, 0.2) is 10.8 Å². The van der Waals surface area contributed by atoms with Crippen LogP contribution in [-0.2, 0) is 17.1 Å². The van der Waals surface area contributed by atoms with E-state index in [1.807, 2.05) is 0 Å². The summed E-state index contributed by atoms with van der Waals surface area (Å²) < 4.78 is 56.2. The molecule has 0 aliphatic carbocycles. The van der Waals surface area contributed by atoms with Crippen molar-refractivity contribution in [2.45, 2.75) is 10.9 Å². The van der Waals surface area contributed by atoms with Crippen LogP contribution in [0.5, 0.6) is 0 Å². The third kappa shape index (κ3) is 4.13. The van der Waals surface area contributed by atoms with E-state index in [1.54, 1.807) is 7.05 Å². The number of halogens is 3. The fraction of sp³-hybridized carbons (Fsp3) is 0.238. The van der Waals surface area contributed by atoms with Gasteiger partial charge in [-0.25, -0.2) is 22.2 Å². The number of hydrogen-bond donors (Lipinski definition) is 0. The molecule has 1 aliphatic heterocycles. The van der Waals surface area contributed by atoms with Crippen LogP contribution in [0.1, 0.15) is 21.8 Å². The van der Waals surface area contributed by atoms with Gasteiger partial charge in [0, 0.05) is 43.7 Å². The largest absolute Gasteiger partial charge is 0.339 e. The molecule has 1 aromatic heterocycles. The van der Waals surface area contributed by atoms with E-state index in [9.17, 15) is 22.0 Å². The Morgan fingerprint density at radius 2 is 1.84 bits per heavy atom. The van der Waals surface area contributed by atoms with Crippen molar-refractivity contribution in [3.8, 4) is 0 Å². The Bertz CT molecular complexity index is 1250. The van der Waals surface area contributed by atoms with Crippen LogP contribution in [0.15, 0.2) is 60.0 Å². The number of hydrogen-bond acceptors (Lipinski definition) is 4. The van der Waals surface area contributed by atoms with E-state index in [2.05, 4.69) is 4.98 Å². The van der Waals surface area contributed by atoms with Crippen LogP contribution in [0.3, 0.4) is 0 Å². The second-order valence-electron chi connectivity index (χ2n) is 7.46. The Hall–Kier alpha value is -2.62. The smallest absolute Gasteiger partial charge is 0.262 e. The molecule has 1 saturated heterocycles. The molecular formula is C21H18ClF2N3O3S. The SMILES string of the molecule is Cn1cnc(S(=O)(=O)N2C[C@@H](C(=O)c3ccc(Cl)c(F)c3)[C@H](c3ccc(F)cc3)C2)c1. The Balaban J connectivity index is 1.72. The summed E-state index contributed by atoms with van der Waals surface area (Å²) in [5, 5.41) is -0.240. The lowest BCUT2D eigenvalue weighted by Crippen LogP contribution is -2.30. The van der Waals surface area contributed by atoms with E-state index < -0.39 is 39.3 Å². The van der Waals surface area contributed by atoms with Gasteiger partial charge in [-0.3, -0.25) is 4.79 Å². The van der Waals surface area contributed by atoms with Gasteiger partial charge in [0.25, 0.3) is 10.0 Å². The average Bonchev–Trinajstić information content (AvgIpc) is 3.38. The standard InChI is InChI=1S/C21H18ClF2N3O3S/c1-26-11-20(25-12-26)31(29,30)27-9-16(13-2-5-15(23)6-3-13)17(10-27)21(28)14-4-7-18(22)19(24)8-14/h2-8,11-12,16-17H,9-10H2,1H3/t16-,17+/m0/s1. The Morgan fingerprint density at radius 3 is 2.45 bits per heavy atom. The number of ketones is 1. The fourth-order valence-electron chi connectivity index (χ4n) is 3.80. The van der Waals surface area contributed by atoms with E-state index in [1.165, 1.54) is 57.8 Å². The normalized spacial score (nSPS) is 19.6. The third-order valence-corrected chi connectivity index (χ3v) is 7.43. The zero-order chi connectivity index (χ0) is 22.3. The van der Waals surface area contributed by atoms with Gasteiger partial charge in [0.2, 0.25) is 0 Å². The first-order chi connectivity index (χ1) is 14.7. The molecule has 0 radical (unpaired) electrons. The van der Waals surface area contributed by atoms with Gasteiger partial charge >= 0.3 is 0 Å². The molecule has 0 spiro atoms. The second-order valence-corrected chi connectivity index (χ2v) is 9.75. The van der Waals surface area contributed by atoms with Gasteiger partial charge < -0.3 is 4.57 Å². The summed E-state index contributed by atoms with van der Waals surface area (Å²) in [4.78, 5) is 17.2. The number of benzene rings is 2. The molecule has 2 atom stereocenters. The minimum absolute atomic E-state index is 0.0109. The summed E-state index contributed by atoms with van der Waals surface area (Å²) in [5.41, 5.74) is 0.712. The maximum atomic E-state index is 13.9. The van der Waals surface area contributed by atoms with Crippen molar-refractivity contribution >= 4 is 27.4 Å². The van der Waals surface area contributed by atoms with Crippen LogP contribution in [0.25, 0.3) is 0 Å². The van der Waals surface area contributed by atoms with E-state index in [-0.39, 0.29) is 28.7 Å². The molecule has 3 aromatic rings. The number of aromatic nitrogens is 2. The van der Waals surface area contributed by atoms with Crippen molar-refractivity contribution in [3.05, 3.63) is 82.8 Å². The molecule has 1 aliphatic rings. The first-order valence-corrected chi connectivity index (χ1v) is 11.2. The highest BCUT2D eigenvalue weighted by atomic mass is 35.5. The topological polar surface area (TPSA) is 72.3 Å². The van der Waals surface area contributed by atoms with E-state index >= 15 is 0 Å². The summed E-state index contributed by atoms with van der Waals surface area (Å²) >= 11 is 5.72. The first-order valence-electron chi connectivity index (χ1n) is 9.39. The predicted octanol–water partition coefficient (Wildman–Crippen LogP) is 3.64. The molecule has 0 saturated carbocycles. The van der Waals surface area contributed by atoms with Crippen LogP contribution < -0.4 is 0 Å². The fourth-order valence-corrected chi connectivity index (χ4v) is 5.37. The highest BCUT2D eigenvalue weighted by molar-refractivity contribution is 7.89. The van der Waals surface area contributed by atoms with E-state index in [0.29, 0.717) is 5.56 Å². The number of carbonyl (C=O) groups excluding carboxylic acids is 1. The molecule has 2 heterocycles. The van der Waals surface area contributed by atoms with E-state index in [4.69, 9.17) is 11.6 Å². The van der Waals surface area contributed by atoms with Crippen molar-refractivity contribution < 1.29 is 22.0 Å². The first kappa shape index (κ1) is 21.6. The molecule has 1 fully saturated rings. The molecule has 10 heteroatoms. The average molecular weight is 466 g/mol. The number of rotatable bonds is 5. The zero-order valence-corrected chi connectivity index (χ0v) is 17.9. The monoisotopic (exact) mass is 465 g/mol. The van der Waals surface area contributed by atoms with Gasteiger partial charge in [-0.05, 0) is 35.9 Å². The van der Waals surface area contributed by atoms with Crippen LogP contribution in [0, 0.1) is 17.6 Å². The lowest BCUT2D eigenvalue weighted by molar-refractivity contribution is 0.0917. The number of aryl methyl sites for hydroxylation is 1. The van der Waals surface area contributed by atoms with Crippen molar-refractivity contribution in [1.29, 1.82) is 0 Å². The molecule has 0 N–H and O–H groups in total. The molecule has 0 unspecified atom stereocenters. The maximum absolute atomic E-state index is 13.9. The van der Waals surface area contributed by atoms with Crippen molar-refractivity contribution in [3.63, 3.8) is 0 Å². The molecule has 4 rings (SSSR count). The number of nitrogens with zero attached hydrogens (tertiary/aromatic N) is 3. The summed E-state index contributed by atoms with van der Waals surface area (Å²) in [6.07, 6.45) is 2.76. The summed E-state index contributed by atoms with van der Waals surface area (Å²) in [6, 6.07) is 9.31. The van der Waals surface area contributed by atoms with Crippen molar-refractivity contribution in [2.75, 3.05) is 13.1 Å². The van der Waals surface area contributed by atoms with E-state index in [0.717, 1.165) is 6.07 Å². The lowest BCUT2D eigenvalue weighted by Gasteiger charge is -2.18. The van der Waals surface area contributed by atoms with Gasteiger partial charge in [-0.2, -0.15) is 4.31 Å².